The molecule has 2 rings (SSSR count). The lowest BCUT2D eigenvalue weighted by atomic mass is 10.1. The molecular weight excluding hydrogens is 302 g/mol. The quantitative estimate of drug-likeness (QED) is 0.647. The van der Waals surface area contributed by atoms with Crippen molar-refractivity contribution in [3.05, 3.63) is 57.0 Å². The summed E-state index contributed by atoms with van der Waals surface area (Å²) in [5.41, 5.74) is 1.09. The minimum Gasteiger partial charge on any atom is -0.545 e. The monoisotopic (exact) mass is 314 g/mol. The molecule has 1 N–H and O–H groups in total. The van der Waals surface area contributed by atoms with Crippen molar-refractivity contribution in [2.45, 2.75) is 24.3 Å². The molecule has 2 aromatic rings. The van der Waals surface area contributed by atoms with Crippen molar-refractivity contribution in [1.82, 2.24) is 9.97 Å². The topological polar surface area (TPSA) is 110 Å². The summed E-state index contributed by atoms with van der Waals surface area (Å²) in [4.78, 5) is 29.3. The van der Waals surface area contributed by atoms with E-state index in [0.29, 0.717) is 23.0 Å². The van der Waals surface area contributed by atoms with Gasteiger partial charge in [-0.1, -0.05) is 43.0 Å². The number of thioether (sulfide) groups is 1. The van der Waals surface area contributed by atoms with Gasteiger partial charge in [-0.25, -0.2) is 4.98 Å². The average molecular weight is 314 g/mol. The number of aryl methyl sites for hydroxylation is 1. The number of H-pyrrole nitrogens is 1. The van der Waals surface area contributed by atoms with Gasteiger partial charge in [0.2, 0.25) is 0 Å². The van der Waals surface area contributed by atoms with Crippen molar-refractivity contribution in [3.8, 4) is 6.07 Å². The van der Waals surface area contributed by atoms with Crippen LogP contribution in [-0.4, -0.2) is 15.9 Å². The van der Waals surface area contributed by atoms with Gasteiger partial charge in [-0.15, -0.1) is 0 Å². The molecule has 0 saturated heterocycles. The Labute approximate surface area is 130 Å². The summed E-state index contributed by atoms with van der Waals surface area (Å²) < 4.78 is 0. The Bertz CT molecular complexity index is 791. The molecule has 0 unspecified atom stereocenters. The molecule has 0 aliphatic heterocycles. The number of nitrogens with zero attached hydrogens (tertiary/aromatic N) is 2. The zero-order valence-corrected chi connectivity index (χ0v) is 12.6. The van der Waals surface area contributed by atoms with Crippen LogP contribution in [0.25, 0.3) is 0 Å². The van der Waals surface area contributed by atoms with E-state index in [1.54, 1.807) is 12.1 Å². The molecule has 0 radical (unpaired) electrons. The number of rotatable bonds is 5. The summed E-state index contributed by atoms with van der Waals surface area (Å²) in [6, 6.07) is 8.16. The maximum atomic E-state index is 11.8. The molecular formula is C15H12N3O3S-. The first-order chi connectivity index (χ1) is 10.5. The van der Waals surface area contributed by atoms with E-state index in [1.165, 1.54) is 23.9 Å². The largest absolute Gasteiger partial charge is 0.545 e. The highest BCUT2D eigenvalue weighted by Crippen LogP contribution is 2.19. The van der Waals surface area contributed by atoms with Crippen LogP contribution in [0, 0.1) is 11.3 Å². The number of carbonyl (C=O) groups is 1. The number of carbonyl (C=O) groups excluding carboxylic acids is 1. The summed E-state index contributed by atoms with van der Waals surface area (Å²) in [6.45, 7) is 1.83. The molecule has 0 fully saturated rings. The first kappa shape index (κ1) is 15.8. The molecule has 0 aliphatic rings. The van der Waals surface area contributed by atoms with E-state index in [2.05, 4.69) is 9.97 Å². The van der Waals surface area contributed by atoms with Crippen molar-refractivity contribution in [3.63, 3.8) is 0 Å². The second-order valence-corrected chi connectivity index (χ2v) is 5.40. The van der Waals surface area contributed by atoms with Crippen LogP contribution in [0.5, 0.6) is 0 Å². The standard InChI is InChI=1S/C15H13N3O3S/c1-2-12-11(7-16)13(19)18-15(17-12)22-8-9-3-5-10(6-4-9)14(20)21/h3-6H,2,8H2,1H3,(H,20,21)(H,17,18,19)/p-1. The molecule has 0 aliphatic carbocycles. The normalized spacial score (nSPS) is 10.2. The summed E-state index contributed by atoms with van der Waals surface area (Å²) in [5, 5.41) is 20.0. The van der Waals surface area contributed by atoms with Gasteiger partial charge >= 0.3 is 0 Å². The molecule has 0 bridgehead atoms. The number of hydrogen-bond donors (Lipinski definition) is 1. The number of nitrogens with one attached hydrogen (secondary N) is 1. The van der Waals surface area contributed by atoms with E-state index >= 15 is 0 Å². The molecule has 0 amide bonds. The van der Waals surface area contributed by atoms with Crippen molar-refractivity contribution in [2.75, 3.05) is 0 Å². The van der Waals surface area contributed by atoms with Crippen LogP contribution in [0.2, 0.25) is 0 Å². The summed E-state index contributed by atoms with van der Waals surface area (Å²) in [5.74, 6) is -0.699. The van der Waals surface area contributed by atoms with Crippen LogP contribution in [0.3, 0.4) is 0 Å². The third-order valence-electron chi connectivity index (χ3n) is 2.98. The fraction of sp³-hybridized carbons (Fsp3) is 0.200. The lowest BCUT2D eigenvalue weighted by Gasteiger charge is -2.06. The van der Waals surface area contributed by atoms with Gasteiger partial charge in [-0.3, -0.25) is 4.79 Å². The molecule has 112 valence electrons. The Kier molecular flexibility index (Phi) is 4.96. The second kappa shape index (κ2) is 6.91. The van der Waals surface area contributed by atoms with Crippen LogP contribution in [0.4, 0.5) is 0 Å². The lowest BCUT2D eigenvalue weighted by Crippen LogP contribution is -2.21. The van der Waals surface area contributed by atoms with Crippen LogP contribution < -0.4 is 10.7 Å². The number of nitriles is 1. The molecule has 1 heterocycles. The first-order valence-corrected chi connectivity index (χ1v) is 7.50. The van der Waals surface area contributed by atoms with E-state index in [-0.39, 0.29) is 11.1 Å². The van der Waals surface area contributed by atoms with E-state index in [1.807, 2.05) is 13.0 Å². The minimum absolute atomic E-state index is 0.0464. The first-order valence-electron chi connectivity index (χ1n) is 6.51. The van der Waals surface area contributed by atoms with Gasteiger partial charge in [0.25, 0.3) is 5.56 Å². The molecule has 1 aromatic carbocycles. The van der Waals surface area contributed by atoms with Crippen molar-refractivity contribution in [2.24, 2.45) is 0 Å². The van der Waals surface area contributed by atoms with E-state index in [4.69, 9.17) is 5.26 Å². The lowest BCUT2D eigenvalue weighted by molar-refractivity contribution is -0.255. The van der Waals surface area contributed by atoms with E-state index < -0.39 is 11.5 Å². The number of aromatic carboxylic acids is 1. The van der Waals surface area contributed by atoms with E-state index in [9.17, 15) is 14.7 Å². The summed E-state index contributed by atoms with van der Waals surface area (Å²) in [6.07, 6.45) is 0.501. The molecule has 7 heteroatoms. The third-order valence-corrected chi connectivity index (χ3v) is 3.93. The maximum absolute atomic E-state index is 11.8. The fourth-order valence-corrected chi connectivity index (χ4v) is 2.66. The minimum atomic E-state index is -1.22. The van der Waals surface area contributed by atoms with Crippen molar-refractivity contribution < 1.29 is 9.90 Å². The van der Waals surface area contributed by atoms with Gasteiger partial charge < -0.3 is 14.9 Å². The SMILES string of the molecule is CCc1nc(SCc2ccc(C(=O)[O-])cc2)[nH]c(=O)c1C#N. The highest BCUT2D eigenvalue weighted by Gasteiger charge is 2.10. The molecule has 1 aromatic heterocycles. The number of benzene rings is 1. The molecule has 0 spiro atoms. The predicted molar refractivity (Wildman–Crippen MR) is 79.3 cm³/mol. The number of aromatic nitrogens is 2. The van der Waals surface area contributed by atoms with Gasteiger partial charge in [0.15, 0.2) is 5.16 Å². The van der Waals surface area contributed by atoms with Gasteiger partial charge in [-0.2, -0.15) is 5.26 Å². The Morgan fingerprint density at radius 1 is 1.41 bits per heavy atom. The fourth-order valence-electron chi connectivity index (χ4n) is 1.83. The van der Waals surface area contributed by atoms with Gasteiger partial charge in [0, 0.05) is 5.75 Å². The predicted octanol–water partition coefficient (Wildman–Crippen LogP) is 0.860. The second-order valence-electron chi connectivity index (χ2n) is 4.43. The molecule has 0 saturated carbocycles. The average Bonchev–Trinajstić information content (AvgIpc) is 2.52. The van der Waals surface area contributed by atoms with Crippen LogP contribution in [0.1, 0.15) is 34.1 Å². The van der Waals surface area contributed by atoms with Crippen molar-refractivity contribution in [1.29, 1.82) is 5.26 Å². The van der Waals surface area contributed by atoms with Crippen LogP contribution in [-0.2, 0) is 12.2 Å². The molecule has 0 atom stereocenters. The van der Waals surface area contributed by atoms with Crippen molar-refractivity contribution >= 4 is 17.7 Å². The summed E-state index contributed by atoms with van der Waals surface area (Å²) >= 11 is 1.31. The zero-order chi connectivity index (χ0) is 16.1. The van der Waals surface area contributed by atoms with Crippen LogP contribution in [0.15, 0.2) is 34.2 Å². The Morgan fingerprint density at radius 3 is 2.64 bits per heavy atom. The Morgan fingerprint density at radius 2 is 2.09 bits per heavy atom. The van der Waals surface area contributed by atoms with Crippen LogP contribution >= 0.6 is 11.8 Å². The highest BCUT2D eigenvalue weighted by molar-refractivity contribution is 7.98. The number of hydrogen-bond acceptors (Lipinski definition) is 6. The smallest absolute Gasteiger partial charge is 0.269 e. The number of aromatic amines is 1. The van der Waals surface area contributed by atoms with E-state index in [0.717, 1.165) is 5.56 Å². The third kappa shape index (κ3) is 3.54. The Hall–Kier alpha value is -2.59. The maximum Gasteiger partial charge on any atom is 0.269 e. The number of carboxylic acid groups (broad SMARTS) is 1. The van der Waals surface area contributed by atoms with Gasteiger partial charge in [-0.05, 0) is 17.5 Å². The van der Waals surface area contributed by atoms with Gasteiger partial charge in [0.1, 0.15) is 11.6 Å². The molecule has 6 nitrogen and oxygen atoms in total. The zero-order valence-electron chi connectivity index (χ0n) is 11.8. The number of carboxylic acids is 1. The highest BCUT2D eigenvalue weighted by atomic mass is 32.2. The van der Waals surface area contributed by atoms with Gasteiger partial charge in [0.05, 0.1) is 11.7 Å². The molecule has 22 heavy (non-hydrogen) atoms. The summed E-state index contributed by atoms with van der Waals surface area (Å²) in [7, 11) is 0. The Balaban J connectivity index is 2.15.